The van der Waals surface area contributed by atoms with Crippen molar-refractivity contribution in [3.8, 4) is 0 Å². The molecular weight excluding hydrogens is 301 g/mol. The highest BCUT2D eigenvalue weighted by Gasteiger charge is 2.34. The minimum atomic E-state index is -0.773. The van der Waals surface area contributed by atoms with Crippen LogP contribution in [0.4, 0.5) is 4.39 Å². The largest absolute Gasteiger partial charge is 0.388 e. The predicted molar refractivity (Wildman–Crippen MR) is 77.9 cm³/mol. The van der Waals surface area contributed by atoms with Gasteiger partial charge in [0.25, 0.3) is 5.91 Å². The van der Waals surface area contributed by atoms with Crippen LogP contribution in [0.15, 0.2) is 18.2 Å². The second-order valence-corrected chi connectivity index (χ2v) is 6.58. The third kappa shape index (κ3) is 2.41. The Bertz CT molecular complexity index is 681. The van der Waals surface area contributed by atoms with E-state index in [0.717, 1.165) is 17.8 Å². The lowest BCUT2D eigenvalue weighted by Crippen LogP contribution is -2.47. The molecule has 0 saturated heterocycles. The summed E-state index contributed by atoms with van der Waals surface area (Å²) in [5.41, 5.74) is -0.773. The highest BCUT2D eigenvalue weighted by atomic mass is 35.5. The van der Waals surface area contributed by atoms with Gasteiger partial charge in [-0.05, 0) is 37.5 Å². The topological polar surface area (TPSA) is 49.3 Å². The lowest BCUT2D eigenvalue weighted by atomic mass is 9.80. The number of hydrogen-bond donors (Lipinski definition) is 2. The third-order valence-corrected chi connectivity index (χ3v) is 5.32. The van der Waals surface area contributed by atoms with Gasteiger partial charge in [-0.15, -0.1) is 11.3 Å². The fraction of sp³-hybridized carbons (Fsp3) is 0.357. The molecule has 6 heteroatoms. The van der Waals surface area contributed by atoms with E-state index in [2.05, 4.69) is 5.32 Å². The van der Waals surface area contributed by atoms with Crippen LogP contribution in [-0.2, 0) is 0 Å². The second kappa shape index (κ2) is 4.98. The predicted octanol–water partition coefficient (Wildman–Crippen LogP) is 3.34. The summed E-state index contributed by atoms with van der Waals surface area (Å²) < 4.78 is 13.8. The highest BCUT2D eigenvalue weighted by Crippen LogP contribution is 2.36. The number of aliphatic hydroxyl groups is 1. The molecule has 106 valence electrons. The van der Waals surface area contributed by atoms with Gasteiger partial charge in [-0.2, -0.15) is 0 Å². The van der Waals surface area contributed by atoms with Crippen LogP contribution in [0.3, 0.4) is 0 Å². The molecule has 1 aliphatic rings. The molecular formula is C14H13ClFNO2S. The molecule has 0 unspecified atom stereocenters. The minimum absolute atomic E-state index is 0.227. The first-order valence-corrected chi connectivity index (χ1v) is 7.56. The van der Waals surface area contributed by atoms with Crippen molar-refractivity contribution in [3.63, 3.8) is 0 Å². The first kappa shape index (κ1) is 13.8. The molecule has 1 aliphatic carbocycles. The molecule has 1 heterocycles. The molecule has 1 aromatic heterocycles. The first-order valence-electron chi connectivity index (χ1n) is 6.37. The number of thiophene rings is 1. The molecule has 1 amide bonds. The number of hydrogen-bond acceptors (Lipinski definition) is 3. The average molecular weight is 314 g/mol. The maximum atomic E-state index is 13.2. The number of rotatable bonds is 3. The average Bonchev–Trinajstić information content (AvgIpc) is 2.70. The fourth-order valence-electron chi connectivity index (χ4n) is 2.27. The van der Waals surface area contributed by atoms with Crippen molar-refractivity contribution >= 4 is 38.9 Å². The monoisotopic (exact) mass is 313 g/mol. The van der Waals surface area contributed by atoms with E-state index >= 15 is 0 Å². The Balaban J connectivity index is 1.82. The van der Waals surface area contributed by atoms with Gasteiger partial charge in [0.2, 0.25) is 0 Å². The van der Waals surface area contributed by atoms with Gasteiger partial charge in [-0.25, -0.2) is 4.39 Å². The van der Waals surface area contributed by atoms with Crippen molar-refractivity contribution in [2.75, 3.05) is 6.54 Å². The Morgan fingerprint density at radius 1 is 1.50 bits per heavy atom. The lowest BCUT2D eigenvalue weighted by Gasteiger charge is -2.36. The maximum Gasteiger partial charge on any atom is 0.263 e. The van der Waals surface area contributed by atoms with Crippen molar-refractivity contribution in [2.45, 2.75) is 24.9 Å². The number of amides is 1. The number of benzene rings is 1. The number of fused-ring (bicyclic) bond motifs is 1. The van der Waals surface area contributed by atoms with Crippen LogP contribution in [0.5, 0.6) is 0 Å². The van der Waals surface area contributed by atoms with Gasteiger partial charge < -0.3 is 10.4 Å². The van der Waals surface area contributed by atoms with Crippen molar-refractivity contribution in [1.29, 1.82) is 0 Å². The summed E-state index contributed by atoms with van der Waals surface area (Å²) >= 11 is 7.32. The van der Waals surface area contributed by atoms with Gasteiger partial charge in [0, 0.05) is 16.6 Å². The molecule has 2 N–H and O–H groups in total. The van der Waals surface area contributed by atoms with Gasteiger partial charge >= 0.3 is 0 Å². The Morgan fingerprint density at radius 2 is 2.25 bits per heavy atom. The van der Waals surface area contributed by atoms with Crippen molar-refractivity contribution < 1.29 is 14.3 Å². The molecule has 1 saturated carbocycles. The standard InChI is InChI=1S/C14H13ClFNO2S/c15-11-9-3-2-8(16)6-10(9)20-12(11)13(18)17-7-14(19)4-1-5-14/h2-3,6,19H,1,4-5,7H2,(H,17,18). The summed E-state index contributed by atoms with van der Waals surface area (Å²) in [6.07, 6.45) is 2.40. The summed E-state index contributed by atoms with van der Waals surface area (Å²) in [6, 6.07) is 4.25. The van der Waals surface area contributed by atoms with E-state index in [1.807, 2.05) is 0 Å². The van der Waals surface area contributed by atoms with Crippen LogP contribution in [0.25, 0.3) is 10.1 Å². The Morgan fingerprint density at radius 3 is 2.90 bits per heavy atom. The minimum Gasteiger partial charge on any atom is -0.388 e. The van der Waals surface area contributed by atoms with Crippen molar-refractivity contribution in [2.24, 2.45) is 0 Å². The Hall–Kier alpha value is -1.17. The number of nitrogens with one attached hydrogen (secondary N) is 1. The Labute approximate surface area is 124 Å². The molecule has 1 aromatic carbocycles. The van der Waals surface area contributed by atoms with Gasteiger partial charge in [0.05, 0.1) is 10.6 Å². The molecule has 0 aliphatic heterocycles. The molecule has 0 spiro atoms. The molecule has 1 fully saturated rings. The van der Waals surface area contributed by atoms with E-state index in [-0.39, 0.29) is 18.3 Å². The summed E-state index contributed by atoms with van der Waals surface area (Å²) in [7, 11) is 0. The van der Waals surface area contributed by atoms with E-state index in [4.69, 9.17) is 11.6 Å². The summed E-state index contributed by atoms with van der Waals surface area (Å²) in [5.74, 6) is -0.678. The quantitative estimate of drug-likeness (QED) is 0.913. The lowest BCUT2D eigenvalue weighted by molar-refractivity contribution is -0.0300. The molecule has 20 heavy (non-hydrogen) atoms. The van der Waals surface area contributed by atoms with Crippen LogP contribution in [0.1, 0.15) is 28.9 Å². The summed E-state index contributed by atoms with van der Waals surface area (Å²) in [6.45, 7) is 0.227. The fourth-order valence-corrected chi connectivity index (χ4v) is 3.73. The van der Waals surface area contributed by atoms with Crippen LogP contribution in [0.2, 0.25) is 5.02 Å². The van der Waals surface area contributed by atoms with E-state index in [9.17, 15) is 14.3 Å². The first-order chi connectivity index (χ1) is 9.48. The van der Waals surface area contributed by atoms with Gasteiger partial charge in [0.1, 0.15) is 10.7 Å². The number of halogens is 2. The highest BCUT2D eigenvalue weighted by molar-refractivity contribution is 7.21. The van der Waals surface area contributed by atoms with Crippen LogP contribution < -0.4 is 5.32 Å². The zero-order valence-electron chi connectivity index (χ0n) is 10.6. The summed E-state index contributed by atoms with van der Waals surface area (Å²) in [5, 5.41) is 13.7. The SMILES string of the molecule is O=C(NCC1(O)CCC1)c1sc2cc(F)ccc2c1Cl. The molecule has 3 rings (SSSR count). The second-order valence-electron chi connectivity index (χ2n) is 5.15. The zero-order chi connectivity index (χ0) is 14.3. The van der Waals surface area contributed by atoms with Crippen LogP contribution >= 0.6 is 22.9 Å². The van der Waals surface area contributed by atoms with Crippen LogP contribution in [0, 0.1) is 5.82 Å². The smallest absolute Gasteiger partial charge is 0.263 e. The van der Waals surface area contributed by atoms with Crippen molar-refractivity contribution in [1.82, 2.24) is 5.32 Å². The van der Waals surface area contributed by atoms with Gasteiger partial charge in [0.15, 0.2) is 0 Å². The zero-order valence-corrected chi connectivity index (χ0v) is 12.2. The van der Waals surface area contributed by atoms with E-state index in [1.165, 1.54) is 12.1 Å². The third-order valence-electron chi connectivity index (χ3n) is 3.66. The molecule has 0 atom stereocenters. The number of carbonyl (C=O) groups is 1. The molecule has 0 radical (unpaired) electrons. The van der Waals surface area contributed by atoms with E-state index in [1.54, 1.807) is 6.07 Å². The van der Waals surface area contributed by atoms with E-state index < -0.39 is 5.60 Å². The van der Waals surface area contributed by atoms with Crippen molar-refractivity contribution in [3.05, 3.63) is 33.9 Å². The molecule has 2 aromatic rings. The maximum absolute atomic E-state index is 13.2. The van der Waals surface area contributed by atoms with Crippen LogP contribution in [-0.4, -0.2) is 23.2 Å². The molecule has 3 nitrogen and oxygen atoms in total. The van der Waals surface area contributed by atoms with Gasteiger partial charge in [-0.1, -0.05) is 11.6 Å². The van der Waals surface area contributed by atoms with E-state index in [0.29, 0.717) is 32.8 Å². The number of carbonyl (C=O) groups excluding carboxylic acids is 1. The van der Waals surface area contributed by atoms with Gasteiger partial charge in [-0.3, -0.25) is 4.79 Å². The normalized spacial score (nSPS) is 16.9. The molecule has 0 bridgehead atoms. The Kier molecular flexibility index (Phi) is 3.44. The summed E-state index contributed by atoms with van der Waals surface area (Å²) in [4.78, 5) is 12.5.